The van der Waals surface area contributed by atoms with Crippen molar-refractivity contribution >= 4 is 0 Å². The molecule has 0 aliphatic rings. The first-order valence-electron chi connectivity index (χ1n) is 6.35. The Bertz CT molecular complexity index is 453. The topological polar surface area (TPSA) is 53.0 Å². The fourth-order valence-electron chi connectivity index (χ4n) is 2.06. The molecular formula is C14H18F3N3. The van der Waals surface area contributed by atoms with Crippen LogP contribution in [0, 0.1) is 11.3 Å². The monoisotopic (exact) mass is 285 g/mol. The van der Waals surface area contributed by atoms with Gasteiger partial charge in [0.05, 0.1) is 12.6 Å². The van der Waals surface area contributed by atoms with E-state index in [0.717, 1.165) is 0 Å². The standard InChI is InChI=1S/C14H18F3N3/c1-2-8-20(11-14(15,16)17)10-13(19,9-18)12-6-4-3-5-7-12/h3-7H,2,8,10-11,19H2,1H3. The Morgan fingerprint density at radius 3 is 2.25 bits per heavy atom. The summed E-state index contributed by atoms with van der Waals surface area (Å²) in [6.45, 7) is 0.818. The Morgan fingerprint density at radius 2 is 1.80 bits per heavy atom. The molecule has 0 amide bonds. The number of hydrogen-bond acceptors (Lipinski definition) is 3. The van der Waals surface area contributed by atoms with Crippen LogP contribution in [0.5, 0.6) is 0 Å². The van der Waals surface area contributed by atoms with Gasteiger partial charge in [-0.2, -0.15) is 18.4 Å². The zero-order valence-corrected chi connectivity index (χ0v) is 11.3. The molecule has 1 unspecified atom stereocenters. The van der Waals surface area contributed by atoms with E-state index in [1.807, 2.05) is 6.07 Å². The van der Waals surface area contributed by atoms with E-state index in [-0.39, 0.29) is 13.1 Å². The van der Waals surface area contributed by atoms with Gasteiger partial charge in [0.15, 0.2) is 0 Å². The number of nitrogens with two attached hydrogens (primary N) is 1. The molecule has 1 aromatic carbocycles. The van der Waals surface area contributed by atoms with Gasteiger partial charge in [0.25, 0.3) is 0 Å². The number of hydrogen-bond donors (Lipinski definition) is 1. The smallest absolute Gasteiger partial charge is 0.309 e. The van der Waals surface area contributed by atoms with Crippen LogP contribution in [0.3, 0.4) is 0 Å². The van der Waals surface area contributed by atoms with Crippen molar-refractivity contribution in [3.05, 3.63) is 35.9 Å². The first-order chi connectivity index (χ1) is 9.30. The van der Waals surface area contributed by atoms with E-state index < -0.39 is 18.3 Å². The molecule has 0 saturated carbocycles. The highest BCUT2D eigenvalue weighted by atomic mass is 19.4. The number of nitriles is 1. The summed E-state index contributed by atoms with van der Waals surface area (Å²) in [5, 5.41) is 9.27. The number of rotatable bonds is 6. The van der Waals surface area contributed by atoms with Gasteiger partial charge in [-0.15, -0.1) is 0 Å². The van der Waals surface area contributed by atoms with Gasteiger partial charge in [0.1, 0.15) is 5.54 Å². The Kier molecular flexibility index (Phi) is 5.54. The molecule has 0 aliphatic carbocycles. The van der Waals surface area contributed by atoms with Crippen molar-refractivity contribution < 1.29 is 13.2 Å². The lowest BCUT2D eigenvalue weighted by atomic mass is 9.92. The second-order valence-electron chi connectivity index (χ2n) is 4.78. The third-order valence-corrected chi connectivity index (χ3v) is 2.90. The molecule has 0 bridgehead atoms. The van der Waals surface area contributed by atoms with Crippen molar-refractivity contribution in [2.45, 2.75) is 25.1 Å². The summed E-state index contributed by atoms with van der Waals surface area (Å²) in [7, 11) is 0. The normalized spacial score (nSPS) is 14.8. The highest BCUT2D eigenvalue weighted by Gasteiger charge is 2.35. The second-order valence-corrected chi connectivity index (χ2v) is 4.78. The van der Waals surface area contributed by atoms with Crippen molar-refractivity contribution in [3.63, 3.8) is 0 Å². The van der Waals surface area contributed by atoms with Crippen molar-refractivity contribution in [2.24, 2.45) is 5.73 Å². The van der Waals surface area contributed by atoms with E-state index in [1.165, 1.54) is 4.90 Å². The van der Waals surface area contributed by atoms with E-state index in [2.05, 4.69) is 0 Å². The summed E-state index contributed by atoms with van der Waals surface area (Å²) >= 11 is 0. The minimum absolute atomic E-state index is 0.152. The van der Waals surface area contributed by atoms with Crippen LogP contribution >= 0.6 is 0 Å². The summed E-state index contributed by atoms with van der Waals surface area (Å²) in [5.41, 5.74) is 5.07. The Morgan fingerprint density at radius 1 is 1.20 bits per heavy atom. The molecule has 0 heterocycles. The summed E-state index contributed by atoms with van der Waals surface area (Å²) in [6.07, 6.45) is -3.74. The fourth-order valence-corrected chi connectivity index (χ4v) is 2.06. The molecule has 3 nitrogen and oxygen atoms in total. The van der Waals surface area contributed by atoms with E-state index in [1.54, 1.807) is 37.3 Å². The van der Waals surface area contributed by atoms with Crippen LogP contribution in [0.2, 0.25) is 0 Å². The van der Waals surface area contributed by atoms with Gasteiger partial charge in [-0.05, 0) is 18.5 Å². The largest absolute Gasteiger partial charge is 0.401 e. The molecule has 6 heteroatoms. The van der Waals surface area contributed by atoms with Crippen LogP contribution in [0.15, 0.2) is 30.3 Å². The van der Waals surface area contributed by atoms with Crippen molar-refractivity contribution in [3.8, 4) is 6.07 Å². The predicted octanol–water partition coefficient (Wildman–Crippen LogP) is 2.64. The average molecular weight is 285 g/mol. The van der Waals surface area contributed by atoms with Crippen molar-refractivity contribution in [2.75, 3.05) is 19.6 Å². The molecule has 1 aromatic rings. The van der Waals surface area contributed by atoms with Gasteiger partial charge in [0.2, 0.25) is 0 Å². The predicted molar refractivity (Wildman–Crippen MR) is 70.7 cm³/mol. The van der Waals surface area contributed by atoms with E-state index in [0.29, 0.717) is 12.0 Å². The van der Waals surface area contributed by atoms with E-state index >= 15 is 0 Å². The average Bonchev–Trinajstić information content (AvgIpc) is 2.38. The zero-order valence-electron chi connectivity index (χ0n) is 11.3. The second kappa shape index (κ2) is 6.73. The highest BCUT2D eigenvalue weighted by molar-refractivity contribution is 5.31. The van der Waals surface area contributed by atoms with Crippen LogP contribution < -0.4 is 5.73 Å². The van der Waals surface area contributed by atoms with Gasteiger partial charge in [-0.3, -0.25) is 4.90 Å². The molecule has 0 aliphatic heterocycles. The quantitative estimate of drug-likeness (QED) is 0.874. The van der Waals surface area contributed by atoms with Gasteiger partial charge in [-0.25, -0.2) is 0 Å². The number of benzene rings is 1. The van der Waals surface area contributed by atoms with E-state index in [9.17, 15) is 18.4 Å². The number of nitrogens with zero attached hydrogens (tertiary/aromatic N) is 2. The minimum Gasteiger partial charge on any atom is -0.309 e. The molecular weight excluding hydrogens is 267 g/mol. The maximum atomic E-state index is 12.5. The molecule has 0 spiro atoms. The molecule has 20 heavy (non-hydrogen) atoms. The van der Waals surface area contributed by atoms with Gasteiger partial charge in [-0.1, -0.05) is 37.3 Å². The first-order valence-corrected chi connectivity index (χ1v) is 6.35. The van der Waals surface area contributed by atoms with Crippen LogP contribution in [0.4, 0.5) is 13.2 Å². The van der Waals surface area contributed by atoms with Crippen molar-refractivity contribution in [1.29, 1.82) is 5.26 Å². The molecule has 1 atom stereocenters. The Hall–Kier alpha value is -1.58. The van der Waals surface area contributed by atoms with E-state index in [4.69, 9.17) is 5.73 Å². The maximum Gasteiger partial charge on any atom is 0.401 e. The summed E-state index contributed by atoms with van der Waals surface area (Å²) in [5.74, 6) is 0. The molecule has 1 rings (SSSR count). The summed E-state index contributed by atoms with van der Waals surface area (Å²) < 4.78 is 37.6. The maximum absolute atomic E-state index is 12.5. The minimum atomic E-state index is -4.30. The molecule has 2 N–H and O–H groups in total. The third kappa shape index (κ3) is 4.83. The van der Waals surface area contributed by atoms with Crippen LogP contribution in [0.1, 0.15) is 18.9 Å². The van der Waals surface area contributed by atoms with Crippen molar-refractivity contribution in [1.82, 2.24) is 4.90 Å². The lowest BCUT2D eigenvalue weighted by Gasteiger charge is -2.31. The Balaban J connectivity index is 2.92. The van der Waals surface area contributed by atoms with Gasteiger partial charge in [0, 0.05) is 6.54 Å². The van der Waals surface area contributed by atoms with Gasteiger partial charge >= 0.3 is 6.18 Å². The number of alkyl halides is 3. The first kappa shape index (κ1) is 16.5. The van der Waals surface area contributed by atoms with Crippen LogP contribution in [-0.4, -0.2) is 30.7 Å². The lowest BCUT2D eigenvalue weighted by molar-refractivity contribution is -0.147. The Labute approximate surface area is 116 Å². The van der Waals surface area contributed by atoms with Gasteiger partial charge < -0.3 is 5.73 Å². The zero-order chi connectivity index (χ0) is 15.2. The molecule has 0 radical (unpaired) electrons. The lowest BCUT2D eigenvalue weighted by Crippen LogP contribution is -2.49. The molecule has 0 fully saturated rings. The highest BCUT2D eigenvalue weighted by Crippen LogP contribution is 2.22. The number of halogens is 3. The van der Waals surface area contributed by atoms with Crippen LogP contribution in [-0.2, 0) is 5.54 Å². The van der Waals surface area contributed by atoms with Crippen LogP contribution in [0.25, 0.3) is 0 Å². The summed E-state index contributed by atoms with van der Waals surface area (Å²) in [6, 6.07) is 10.4. The SMILES string of the molecule is CCCN(CC(F)(F)F)CC(N)(C#N)c1ccccc1. The molecule has 110 valence electrons. The third-order valence-electron chi connectivity index (χ3n) is 2.90. The molecule has 0 aromatic heterocycles. The molecule has 0 saturated heterocycles. The summed E-state index contributed by atoms with van der Waals surface area (Å²) in [4.78, 5) is 1.18. The fraction of sp³-hybridized carbons (Fsp3) is 0.500.